The molecule has 0 unspecified atom stereocenters. The van der Waals surface area contributed by atoms with Crippen molar-refractivity contribution in [1.29, 1.82) is 0 Å². The van der Waals surface area contributed by atoms with Crippen molar-refractivity contribution in [2.45, 2.75) is 26.9 Å². The molecular formula is C21H19N5O3S. The summed E-state index contributed by atoms with van der Waals surface area (Å²) >= 11 is 1.54. The van der Waals surface area contributed by atoms with Crippen LogP contribution in [0.4, 0.5) is 0 Å². The van der Waals surface area contributed by atoms with Crippen LogP contribution in [0.25, 0.3) is 11.3 Å². The molecule has 8 nitrogen and oxygen atoms in total. The third kappa shape index (κ3) is 4.36. The van der Waals surface area contributed by atoms with Gasteiger partial charge in [-0.25, -0.2) is 4.68 Å². The van der Waals surface area contributed by atoms with Crippen LogP contribution in [-0.4, -0.2) is 25.8 Å². The Bertz CT molecular complexity index is 1240. The molecule has 0 aliphatic rings. The van der Waals surface area contributed by atoms with Crippen molar-refractivity contribution < 1.29 is 9.32 Å². The topological polar surface area (TPSA) is 103 Å². The third-order valence-corrected chi connectivity index (χ3v) is 5.50. The highest BCUT2D eigenvalue weighted by molar-refractivity contribution is 7.09. The van der Waals surface area contributed by atoms with E-state index in [4.69, 9.17) is 4.52 Å². The first-order valence-electron chi connectivity index (χ1n) is 9.28. The second-order valence-electron chi connectivity index (χ2n) is 6.79. The van der Waals surface area contributed by atoms with E-state index in [-0.39, 0.29) is 23.8 Å². The Balaban J connectivity index is 1.49. The highest BCUT2D eigenvalue weighted by atomic mass is 32.1. The van der Waals surface area contributed by atoms with E-state index in [1.165, 1.54) is 16.3 Å². The van der Waals surface area contributed by atoms with E-state index in [0.717, 1.165) is 16.0 Å². The molecule has 0 saturated carbocycles. The van der Waals surface area contributed by atoms with Crippen LogP contribution in [-0.2, 0) is 13.1 Å². The summed E-state index contributed by atoms with van der Waals surface area (Å²) in [6, 6.07) is 13.0. The molecule has 0 fully saturated rings. The summed E-state index contributed by atoms with van der Waals surface area (Å²) in [6.45, 7) is 4.45. The molecule has 0 aliphatic heterocycles. The fourth-order valence-electron chi connectivity index (χ4n) is 2.82. The van der Waals surface area contributed by atoms with Gasteiger partial charge in [0.05, 0.1) is 12.2 Å². The van der Waals surface area contributed by atoms with Gasteiger partial charge in [-0.15, -0.1) is 11.3 Å². The minimum absolute atomic E-state index is 0.000772. The number of aromatic nitrogens is 4. The maximum atomic E-state index is 12.2. The van der Waals surface area contributed by atoms with Crippen LogP contribution in [0.5, 0.6) is 0 Å². The molecule has 3 aromatic heterocycles. The second-order valence-corrected chi connectivity index (χ2v) is 7.82. The summed E-state index contributed by atoms with van der Waals surface area (Å²) in [4.78, 5) is 29.5. The zero-order valence-electron chi connectivity index (χ0n) is 16.5. The Morgan fingerprint density at radius 1 is 1.17 bits per heavy atom. The fourth-order valence-corrected chi connectivity index (χ4v) is 3.46. The number of benzene rings is 1. The van der Waals surface area contributed by atoms with Crippen LogP contribution < -0.4 is 10.9 Å². The van der Waals surface area contributed by atoms with Gasteiger partial charge >= 0.3 is 11.8 Å². The number of thiophene rings is 1. The van der Waals surface area contributed by atoms with Crippen LogP contribution in [0.15, 0.2) is 57.2 Å². The lowest BCUT2D eigenvalue weighted by Gasteiger charge is -2.07. The van der Waals surface area contributed by atoms with Crippen molar-refractivity contribution in [2.24, 2.45) is 0 Å². The molecule has 0 bridgehead atoms. The Hall–Kier alpha value is -3.59. The van der Waals surface area contributed by atoms with Gasteiger partial charge in [0.1, 0.15) is 6.54 Å². The summed E-state index contributed by atoms with van der Waals surface area (Å²) < 4.78 is 6.29. The number of carbonyl (C=O) groups excluding carboxylic acids is 1. The number of carbonyl (C=O) groups is 1. The summed E-state index contributed by atoms with van der Waals surface area (Å²) in [7, 11) is 0. The average molecular weight is 421 g/mol. The maximum Gasteiger partial charge on any atom is 0.316 e. The molecule has 0 spiro atoms. The van der Waals surface area contributed by atoms with Gasteiger partial charge in [0.25, 0.3) is 5.56 Å². The number of amides is 1. The standard InChI is InChI=1S/C21H19N5O3S/c1-13-5-6-15(10-14(13)2)17-7-8-19(27)26(24-17)12-18-23-21(29-25-18)20(28)22-11-16-4-3-9-30-16/h3-10H,11-12H2,1-2H3,(H,22,28). The van der Waals surface area contributed by atoms with Crippen LogP contribution >= 0.6 is 11.3 Å². The van der Waals surface area contributed by atoms with Crippen molar-refractivity contribution in [3.8, 4) is 11.3 Å². The van der Waals surface area contributed by atoms with Crippen LogP contribution in [0.1, 0.15) is 32.5 Å². The number of rotatable bonds is 6. The second kappa shape index (κ2) is 8.42. The van der Waals surface area contributed by atoms with E-state index in [2.05, 4.69) is 20.6 Å². The van der Waals surface area contributed by atoms with E-state index in [0.29, 0.717) is 12.2 Å². The normalized spacial score (nSPS) is 10.9. The van der Waals surface area contributed by atoms with E-state index in [9.17, 15) is 9.59 Å². The first-order valence-corrected chi connectivity index (χ1v) is 10.2. The Morgan fingerprint density at radius 3 is 2.80 bits per heavy atom. The molecule has 0 aliphatic carbocycles. The third-order valence-electron chi connectivity index (χ3n) is 4.63. The maximum absolute atomic E-state index is 12.2. The van der Waals surface area contributed by atoms with E-state index in [1.807, 2.05) is 49.6 Å². The van der Waals surface area contributed by atoms with Crippen LogP contribution in [0.2, 0.25) is 0 Å². The molecule has 0 atom stereocenters. The Kier molecular flexibility index (Phi) is 5.53. The smallest absolute Gasteiger partial charge is 0.316 e. The average Bonchev–Trinajstić information content (AvgIpc) is 3.42. The van der Waals surface area contributed by atoms with Gasteiger partial charge in [-0.05, 0) is 48.6 Å². The van der Waals surface area contributed by atoms with E-state index < -0.39 is 5.91 Å². The van der Waals surface area contributed by atoms with Gasteiger partial charge in [0.2, 0.25) is 0 Å². The predicted octanol–water partition coefficient (Wildman–Crippen LogP) is 2.95. The van der Waals surface area contributed by atoms with Gasteiger partial charge in [0, 0.05) is 16.5 Å². The van der Waals surface area contributed by atoms with Crippen molar-refractivity contribution in [3.05, 3.63) is 85.9 Å². The number of nitrogens with one attached hydrogen (secondary N) is 1. The highest BCUT2D eigenvalue weighted by Crippen LogP contribution is 2.19. The Morgan fingerprint density at radius 2 is 2.03 bits per heavy atom. The lowest BCUT2D eigenvalue weighted by atomic mass is 10.0. The largest absolute Gasteiger partial charge is 0.343 e. The van der Waals surface area contributed by atoms with Gasteiger partial charge < -0.3 is 9.84 Å². The quantitative estimate of drug-likeness (QED) is 0.513. The van der Waals surface area contributed by atoms with Crippen molar-refractivity contribution >= 4 is 17.2 Å². The molecule has 1 amide bonds. The lowest BCUT2D eigenvalue weighted by molar-refractivity contribution is 0.0907. The summed E-state index contributed by atoms with van der Waals surface area (Å²) in [5.74, 6) is -0.422. The van der Waals surface area contributed by atoms with Crippen molar-refractivity contribution in [3.63, 3.8) is 0 Å². The number of aryl methyl sites for hydroxylation is 2. The molecule has 4 aromatic rings. The molecule has 0 saturated heterocycles. The first-order chi connectivity index (χ1) is 14.5. The number of hydrogen-bond donors (Lipinski definition) is 1. The minimum Gasteiger partial charge on any atom is -0.343 e. The summed E-state index contributed by atoms with van der Waals surface area (Å²) in [6.07, 6.45) is 0. The van der Waals surface area contributed by atoms with Gasteiger partial charge in [-0.3, -0.25) is 9.59 Å². The van der Waals surface area contributed by atoms with Gasteiger partial charge in [-0.1, -0.05) is 23.4 Å². The first kappa shape index (κ1) is 19.7. The zero-order chi connectivity index (χ0) is 21.1. The molecule has 3 heterocycles. The molecule has 0 radical (unpaired) electrons. The predicted molar refractivity (Wildman–Crippen MR) is 112 cm³/mol. The molecule has 4 rings (SSSR count). The highest BCUT2D eigenvalue weighted by Gasteiger charge is 2.16. The molecule has 1 N–H and O–H groups in total. The lowest BCUT2D eigenvalue weighted by Crippen LogP contribution is -2.24. The van der Waals surface area contributed by atoms with Gasteiger partial charge in [-0.2, -0.15) is 10.1 Å². The molecule has 1 aromatic carbocycles. The number of hydrogen-bond acceptors (Lipinski definition) is 7. The zero-order valence-corrected chi connectivity index (χ0v) is 17.3. The summed E-state index contributed by atoms with van der Waals surface area (Å²) in [5, 5.41) is 12.9. The molecule has 30 heavy (non-hydrogen) atoms. The monoisotopic (exact) mass is 421 g/mol. The minimum atomic E-state index is -0.466. The molecule has 152 valence electrons. The van der Waals surface area contributed by atoms with Gasteiger partial charge in [0.15, 0.2) is 5.82 Å². The number of nitrogens with zero attached hydrogens (tertiary/aromatic N) is 4. The van der Waals surface area contributed by atoms with Crippen LogP contribution in [0.3, 0.4) is 0 Å². The SMILES string of the molecule is Cc1ccc(-c2ccc(=O)n(Cc3noc(C(=O)NCc4cccs4)n3)n2)cc1C. The van der Waals surface area contributed by atoms with E-state index >= 15 is 0 Å². The van der Waals surface area contributed by atoms with Crippen LogP contribution in [0, 0.1) is 13.8 Å². The van der Waals surface area contributed by atoms with E-state index in [1.54, 1.807) is 17.4 Å². The molecule has 9 heteroatoms. The summed E-state index contributed by atoms with van der Waals surface area (Å²) in [5.41, 5.74) is 3.60. The molecular weight excluding hydrogens is 402 g/mol. The van der Waals surface area contributed by atoms with Crippen molar-refractivity contribution in [1.82, 2.24) is 25.2 Å². The van der Waals surface area contributed by atoms with Crippen molar-refractivity contribution in [2.75, 3.05) is 0 Å². The fraction of sp³-hybridized carbons (Fsp3) is 0.190. The Labute approximate surface area is 176 Å².